The number of ether oxygens (including phenoxy) is 1. The SMILES string of the molecule is CCN1CC[C@]23c4c5ccc(O)c4O[C@H]2[C@](O)(N=[N+]=[N-])C=C[C@H]3[C@H]1C5. The zero-order chi connectivity index (χ0) is 17.4. The largest absolute Gasteiger partial charge is 0.504 e. The third-order valence-corrected chi connectivity index (χ3v) is 6.66. The Balaban J connectivity index is 1.81. The molecule has 1 aromatic carbocycles. The van der Waals surface area contributed by atoms with Crippen LogP contribution in [0.25, 0.3) is 10.4 Å². The van der Waals surface area contributed by atoms with Crippen LogP contribution in [0.5, 0.6) is 11.5 Å². The molecule has 1 spiro atoms. The zero-order valence-corrected chi connectivity index (χ0v) is 14.0. The van der Waals surface area contributed by atoms with Crippen LogP contribution in [0.15, 0.2) is 29.4 Å². The molecule has 25 heavy (non-hydrogen) atoms. The van der Waals surface area contributed by atoms with Crippen LogP contribution in [-0.2, 0) is 11.8 Å². The molecule has 1 fully saturated rings. The van der Waals surface area contributed by atoms with Crippen LogP contribution in [0.1, 0.15) is 24.5 Å². The Morgan fingerprint density at radius 2 is 2.32 bits per heavy atom. The third-order valence-electron chi connectivity index (χ3n) is 6.66. The number of piperidine rings is 1. The summed E-state index contributed by atoms with van der Waals surface area (Å²) in [5, 5.41) is 25.1. The van der Waals surface area contributed by atoms with Crippen molar-refractivity contribution in [2.24, 2.45) is 11.0 Å². The quantitative estimate of drug-likeness (QED) is 0.373. The van der Waals surface area contributed by atoms with Crippen LogP contribution in [0.4, 0.5) is 0 Å². The Hall–Kier alpha value is -2.21. The fraction of sp³-hybridized carbons (Fsp3) is 0.556. The van der Waals surface area contributed by atoms with Crippen molar-refractivity contribution in [3.05, 3.63) is 45.9 Å². The average molecular weight is 340 g/mol. The molecule has 0 saturated carbocycles. The first-order valence-corrected chi connectivity index (χ1v) is 8.79. The Kier molecular flexibility index (Phi) is 2.83. The number of nitrogens with zero attached hydrogens (tertiary/aromatic N) is 4. The van der Waals surface area contributed by atoms with Crippen molar-refractivity contribution in [2.75, 3.05) is 13.1 Å². The first-order chi connectivity index (χ1) is 12.0. The predicted octanol–water partition coefficient (Wildman–Crippen LogP) is 2.23. The standard InChI is InChI=1S/C18H20N4O3/c1-2-22-8-7-17-11-5-6-18(24,20-21-19)16(17)25-15-13(23)4-3-10(14(15)17)9-12(11)22/h3-6,11-12,16,23-24H,2,7-9H2,1H3/t11-,12+,16+,17-,18-/m0/s1. The number of likely N-dealkylation sites (N-methyl/N-ethyl adjacent to an activating group) is 1. The van der Waals surface area contributed by atoms with Crippen molar-refractivity contribution in [1.82, 2.24) is 4.90 Å². The molecule has 130 valence electrons. The monoisotopic (exact) mass is 340 g/mol. The summed E-state index contributed by atoms with van der Waals surface area (Å²) >= 11 is 0. The predicted molar refractivity (Wildman–Crippen MR) is 90.3 cm³/mol. The van der Waals surface area contributed by atoms with Gasteiger partial charge in [0.2, 0.25) is 0 Å². The molecule has 1 aromatic rings. The molecule has 0 amide bonds. The molecule has 0 radical (unpaired) electrons. The number of hydrogen-bond acceptors (Lipinski definition) is 5. The number of phenols is 1. The van der Waals surface area contributed by atoms with E-state index in [4.69, 9.17) is 10.3 Å². The highest BCUT2D eigenvalue weighted by Gasteiger charge is 2.67. The smallest absolute Gasteiger partial charge is 0.199 e. The molecule has 2 heterocycles. The van der Waals surface area contributed by atoms with Gasteiger partial charge in [-0.2, -0.15) is 0 Å². The maximum absolute atomic E-state index is 11.0. The van der Waals surface area contributed by atoms with Gasteiger partial charge < -0.3 is 14.9 Å². The van der Waals surface area contributed by atoms with E-state index in [9.17, 15) is 10.2 Å². The van der Waals surface area contributed by atoms with E-state index < -0.39 is 17.2 Å². The molecule has 2 N–H and O–H groups in total. The van der Waals surface area contributed by atoms with Crippen molar-refractivity contribution in [3.8, 4) is 11.5 Å². The van der Waals surface area contributed by atoms with Crippen molar-refractivity contribution < 1.29 is 14.9 Å². The Bertz CT molecular complexity index is 849. The van der Waals surface area contributed by atoms with E-state index in [1.807, 2.05) is 12.1 Å². The maximum Gasteiger partial charge on any atom is 0.199 e. The third kappa shape index (κ3) is 1.61. The summed E-state index contributed by atoms with van der Waals surface area (Å²) in [6.07, 6.45) is 4.56. The van der Waals surface area contributed by atoms with Crippen molar-refractivity contribution >= 4 is 0 Å². The summed E-state index contributed by atoms with van der Waals surface area (Å²) in [7, 11) is 0. The van der Waals surface area contributed by atoms with Gasteiger partial charge in [0.25, 0.3) is 0 Å². The van der Waals surface area contributed by atoms with Gasteiger partial charge in [-0.3, -0.25) is 4.90 Å². The zero-order valence-electron chi connectivity index (χ0n) is 14.0. The number of phenolic OH excluding ortho intramolecular Hbond substituents is 1. The number of aliphatic hydroxyl groups is 1. The van der Waals surface area contributed by atoms with E-state index in [2.05, 4.69) is 21.8 Å². The summed E-state index contributed by atoms with van der Waals surface area (Å²) in [6.45, 7) is 4.03. The van der Waals surface area contributed by atoms with Crippen molar-refractivity contribution in [3.63, 3.8) is 0 Å². The van der Waals surface area contributed by atoms with Crippen LogP contribution >= 0.6 is 0 Å². The summed E-state index contributed by atoms with van der Waals surface area (Å²) in [4.78, 5) is 5.32. The van der Waals surface area contributed by atoms with Gasteiger partial charge in [0.15, 0.2) is 17.2 Å². The lowest BCUT2D eigenvalue weighted by atomic mass is 9.52. The van der Waals surface area contributed by atoms with Gasteiger partial charge in [-0.15, -0.1) is 0 Å². The topological polar surface area (TPSA) is 102 Å². The van der Waals surface area contributed by atoms with Gasteiger partial charge in [0.05, 0.1) is 0 Å². The van der Waals surface area contributed by atoms with E-state index in [0.29, 0.717) is 11.8 Å². The molecule has 7 nitrogen and oxygen atoms in total. The van der Waals surface area contributed by atoms with Gasteiger partial charge in [0.1, 0.15) is 6.10 Å². The van der Waals surface area contributed by atoms with Crippen LogP contribution in [0, 0.1) is 5.92 Å². The lowest BCUT2D eigenvalue weighted by Crippen LogP contribution is -2.68. The first-order valence-electron chi connectivity index (χ1n) is 8.79. The van der Waals surface area contributed by atoms with Gasteiger partial charge in [-0.25, -0.2) is 0 Å². The minimum Gasteiger partial charge on any atom is -0.504 e. The second-order valence-electron chi connectivity index (χ2n) is 7.49. The number of azide groups is 1. The summed E-state index contributed by atoms with van der Waals surface area (Å²) < 4.78 is 6.11. The lowest BCUT2D eigenvalue weighted by molar-refractivity contribution is -0.0971. The number of hydrogen-bond donors (Lipinski definition) is 2. The molecule has 2 aliphatic heterocycles. The van der Waals surface area contributed by atoms with Gasteiger partial charge >= 0.3 is 0 Å². The summed E-state index contributed by atoms with van der Waals surface area (Å²) in [5.74, 6) is 0.697. The molecule has 4 aliphatic rings. The Morgan fingerprint density at radius 1 is 1.48 bits per heavy atom. The van der Waals surface area contributed by atoms with E-state index in [-0.39, 0.29) is 11.7 Å². The molecule has 2 bridgehead atoms. The molecular formula is C18H20N4O3. The molecule has 5 atom stereocenters. The van der Waals surface area contributed by atoms with E-state index in [1.165, 1.54) is 0 Å². The molecule has 7 heteroatoms. The van der Waals surface area contributed by atoms with E-state index in [0.717, 1.165) is 37.1 Å². The van der Waals surface area contributed by atoms with Gasteiger partial charge in [-0.05, 0) is 49.2 Å². The lowest BCUT2D eigenvalue weighted by Gasteiger charge is -2.58. The Labute approximate surface area is 145 Å². The van der Waals surface area contributed by atoms with Gasteiger partial charge in [0, 0.05) is 27.8 Å². The second-order valence-corrected chi connectivity index (χ2v) is 7.49. The number of aromatic hydroxyl groups is 1. The summed E-state index contributed by atoms with van der Waals surface area (Å²) in [5.41, 5.74) is 8.92. The average Bonchev–Trinajstić information content (AvgIpc) is 2.95. The van der Waals surface area contributed by atoms with Gasteiger partial charge in [-0.1, -0.05) is 24.2 Å². The fourth-order valence-corrected chi connectivity index (χ4v) is 5.73. The van der Waals surface area contributed by atoms with E-state index in [1.54, 1.807) is 12.1 Å². The van der Waals surface area contributed by atoms with Crippen molar-refractivity contribution in [2.45, 2.75) is 43.1 Å². The molecule has 5 rings (SSSR count). The maximum atomic E-state index is 11.0. The fourth-order valence-electron chi connectivity index (χ4n) is 5.73. The highest BCUT2D eigenvalue weighted by atomic mass is 16.5. The van der Waals surface area contributed by atoms with Crippen LogP contribution in [0.2, 0.25) is 0 Å². The molecule has 0 aromatic heterocycles. The van der Waals surface area contributed by atoms with Crippen LogP contribution in [-0.4, -0.2) is 46.1 Å². The van der Waals surface area contributed by atoms with Crippen molar-refractivity contribution in [1.29, 1.82) is 0 Å². The minimum absolute atomic E-state index is 0.0842. The second kappa shape index (κ2) is 4.69. The normalized spacial score (nSPS) is 40.2. The Morgan fingerprint density at radius 3 is 3.08 bits per heavy atom. The number of rotatable bonds is 2. The minimum atomic E-state index is -1.75. The number of benzene rings is 1. The first kappa shape index (κ1) is 15.1. The molecule has 1 saturated heterocycles. The summed E-state index contributed by atoms with van der Waals surface area (Å²) in [6, 6.07) is 3.95. The van der Waals surface area contributed by atoms with E-state index >= 15 is 0 Å². The van der Waals surface area contributed by atoms with Crippen LogP contribution in [0.3, 0.4) is 0 Å². The molecule has 2 aliphatic carbocycles. The van der Waals surface area contributed by atoms with Crippen LogP contribution < -0.4 is 4.74 Å². The highest BCUT2D eigenvalue weighted by Crippen LogP contribution is 2.64. The molecule has 0 unspecified atom stereocenters. The number of likely N-dealkylation sites (tertiary alicyclic amines) is 1. The highest BCUT2D eigenvalue weighted by molar-refractivity contribution is 5.62. The molecular weight excluding hydrogens is 320 g/mol.